The van der Waals surface area contributed by atoms with E-state index in [1.165, 1.54) is 14.2 Å². The van der Waals surface area contributed by atoms with Gasteiger partial charge in [-0.3, -0.25) is 33.6 Å². The number of likely N-dealkylation sites (tertiary alicyclic amines) is 1. The average molecular weight is 1070 g/mol. The Hall–Kier alpha value is -4.79. The van der Waals surface area contributed by atoms with Crippen molar-refractivity contribution in [2.45, 2.75) is 156 Å². The number of aliphatic hydroxyl groups is 1. The predicted molar refractivity (Wildman–Crippen MR) is 290 cm³/mol. The van der Waals surface area contributed by atoms with Crippen LogP contribution in [-0.4, -0.2) is 179 Å². The molecule has 0 bridgehead atoms. The second-order valence-corrected chi connectivity index (χ2v) is 21.2. The highest BCUT2D eigenvalue weighted by Crippen LogP contribution is 2.31. The Morgan fingerprint density at radius 1 is 0.803 bits per heavy atom. The molecular weight excluding hydrogens is 979 g/mol. The van der Waals surface area contributed by atoms with Crippen LogP contribution in [-0.2, 0) is 68.4 Å². The van der Waals surface area contributed by atoms with E-state index in [-0.39, 0.29) is 123 Å². The van der Waals surface area contributed by atoms with Gasteiger partial charge in [0.05, 0.1) is 101 Å². The van der Waals surface area contributed by atoms with Gasteiger partial charge in [0.1, 0.15) is 11.5 Å². The molecule has 432 valence electrons. The maximum absolute atomic E-state index is 14.6. The molecule has 19 heteroatoms. The summed E-state index contributed by atoms with van der Waals surface area (Å²) in [6, 6.07) is 7.81. The molecule has 0 unspecified atom stereocenters. The van der Waals surface area contributed by atoms with E-state index in [1.54, 1.807) is 37.6 Å². The first kappa shape index (κ1) is 67.3. The predicted octanol–water partition coefficient (Wildman–Crippen LogP) is 5.41. The number of benzene rings is 1. The summed E-state index contributed by atoms with van der Waals surface area (Å²) in [6.07, 6.45) is 1.39. The smallest absolute Gasteiger partial charge is 0.226 e. The highest BCUT2D eigenvalue weighted by Gasteiger charge is 2.44. The first-order valence-electron chi connectivity index (χ1n) is 27.3. The fourth-order valence-corrected chi connectivity index (χ4v) is 9.30. The second kappa shape index (κ2) is 35.6. The number of ketones is 2. The van der Waals surface area contributed by atoms with Crippen LogP contribution in [0.2, 0.25) is 0 Å². The van der Waals surface area contributed by atoms with E-state index in [0.717, 1.165) is 5.56 Å². The summed E-state index contributed by atoms with van der Waals surface area (Å²) in [5, 5.41) is 18.9. The number of rotatable bonds is 40. The minimum absolute atomic E-state index is 0.00282. The van der Waals surface area contributed by atoms with Gasteiger partial charge in [-0.05, 0) is 50.5 Å². The highest BCUT2D eigenvalue weighted by atomic mass is 16.5. The lowest BCUT2D eigenvalue weighted by molar-refractivity contribution is -0.149. The maximum Gasteiger partial charge on any atom is 0.226 e. The number of hydrogen-bond acceptors (Lipinski definition) is 14. The van der Waals surface area contributed by atoms with Gasteiger partial charge < -0.3 is 59.3 Å². The molecule has 0 radical (unpaired) electrons. The largest absolute Gasteiger partial charge is 0.511 e. The van der Waals surface area contributed by atoms with Crippen molar-refractivity contribution in [3.8, 4) is 0 Å². The van der Waals surface area contributed by atoms with E-state index in [1.807, 2.05) is 71.9 Å². The number of Topliss-reactive ketones (excluding diaryl/α,β-unsaturated/α-hetero) is 2. The Balaban J connectivity index is 1.90. The lowest BCUT2D eigenvalue weighted by Gasteiger charge is -2.41. The third-order valence-electron chi connectivity index (χ3n) is 14.3. The topological polar surface area (TPSA) is 238 Å². The van der Waals surface area contributed by atoms with Gasteiger partial charge in [0.2, 0.25) is 29.5 Å². The summed E-state index contributed by atoms with van der Waals surface area (Å²) in [7, 11) is 4.74. The molecule has 1 aromatic rings. The van der Waals surface area contributed by atoms with Gasteiger partial charge in [-0.25, -0.2) is 0 Å². The van der Waals surface area contributed by atoms with Crippen molar-refractivity contribution < 1.29 is 67.1 Å². The molecule has 76 heavy (non-hydrogen) atoms. The lowest BCUT2D eigenvalue weighted by atomic mass is 9.82. The molecule has 2 rings (SSSR count). The van der Waals surface area contributed by atoms with Crippen LogP contribution in [0.25, 0.3) is 0 Å². The normalized spacial score (nSPS) is 16.6. The van der Waals surface area contributed by atoms with Crippen molar-refractivity contribution in [2.24, 2.45) is 29.6 Å². The first-order chi connectivity index (χ1) is 36.0. The molecule has 1 aromatic carbocycles. The monoisotopic (exact) mass is 1070 g/mol. The molecular formula is C57H95N5O14. The number of carbonyl (C=O) groups is 7. The molecule has 1 aliphatic heterocycles. The van der Waals surface area contributed by atoms with Gasteiger partial charge in [-0.1, -0.05) is 91.8 Å². The summed E-state index contributed by atoms with van der Waals surface area (Å²) < 4.78 is 33.9. The molecule has 4 N–H and O–H groups in total. The number of ether oxygens (including phenoxy) is 6. The molecule has 1 heterocycles. The molecule has 8 atom stereocenters. The van der Waals surface area contributed by atoms with E-state index >= 15 is 0 Å². The van der Waals surface area contributed by atoms with Crippen molar-refractivity contribution in [1.29, 1.82) is 0 Å². The van der Waals surface area contributed by atoms with E-state index in [4.69, 9.17) is 28.4 Å². The van der Waals surface area contributed by atoms with E-state index in [0.29, 0.717) is 65.0 Å². The van der Waals surface area contributed by atoms with Gasteiger partial charge in [-0.2, -0.15) is 0 Å². The SMILES string of the molecule is C=C(O)[C@H](Cc1ccccc1)NC(=O)[C@H](C)[C@@H](OC)[C@@H]1CCCN1C(=O)C[C@@H](OC)[C@H]([C@@H](C)CC)N(C)C(=O)[C@@H](CC(=O)C(C)(C)NC(=O)CCOCCOCCNC(=O)CCOCCOCCC(=O)C(C)C)C(C)C. The highest BCUT2D eigenvalue weighted by molar-refractivity contribution is 5.95. The van der Waals surface area contributed by atoms with Crippen LogP contribution in [0, 0.1) is 29.6 Å². The molecule has 1 fully saturated rings. The third-order valence-corrected chi connectivity index (χ3v) is 14.3. The standard InChI is InChI=1S/C57H95N5O14/c1-14-40(6)53(48(71-12)37-52(68)62-26-18-21-46(62)54(72-13)41(7)55(69)59-45(42(8)63)35-43-19-16-15-17-20-43)61(11)56(70)44(38(2)3)36-49(65)57(9,10)60-51(67)24-29-75-33-34-76-30-25-58-50(66)23-28-74-32-31-73-27-22-47(64)39(4)5/h15-17,19-20,38-41,44-46,48,53-54,63H,8,14,18,21-37H2,1-7,9-13H3,(H,58,66)(H,59,69)(H,60,67)/t40-,41+,44-,45-,46-,48+,53-,54+/m0/s1. The molecule has 0 aromatic heterocycles. The quantitative estimate of drug-likeness (QED) is 0.0475. The van der Waals surface area contributed by atoms with Gasteiger partial charge >= 0.3 is 0 Å². The Morgan fingerprint density at radius 3 is 1.92 bits per heavy atom. The summed E-state index contributed by atoms with van der Waals surface area (Å²) in [5.41, 5.74) is -0.364. The number of nitrogens with one attached hydrogen (secondary N) is 3. The van der Waals surface area contributed by atoms with Crippen molar-refractivity contribution in [2.75, 3.05) is 87.2 Å². The van der Waals surface area contributed by atoms with Crippen LogP contribution in [0.3, 0.4) is 0 Å². The van der Waals surface area contributed by atoms with Gasteiger partial charge in [0.25, 0.3) is 0 Å². The van der Waals surface area contributed by atoms with Crippen LogP contribution in [0.1, 0.15) is 119 Å². The Morgan fingerprint density at radius 2 is 1.38 bits per heavy atom. The number of nitrogens with zero attached hydrogens (tertiary/aromatic N) is 2. The molecule has 19 nitrogen and oxygen atoms in total. The number of amides is 5. The fraction of sp³-hybridized carbons (Fsp3) is 0.737. The zero-order valence-electron chi connectivity index (χ0n) is 48.0. The second-order valence-electron chi connectivity index (χ2n) is 21.2. The summed E-state index contributed by atoms with van der Waals surface area (Å²) in [5.74, 6) is -3.45. The van der Waals surface area contributed by atoms with E-state index < -0.39 is 47.7 Å². The Kier molecular flexibility index (Phi) is 31.5. The number of methoxy groups -OCH3 is 2. The molecule has 1 aliphatic rings. The molecule has 0 spiro atoms. The van der Waals surface area contributed by atoms with Crippen molar-refractivity contribution >= 4 is 41.1 Å². The van der Waals surface area contributed by atoms with Gasteiger partial charge in [-0.15, -0.1) is 0 Å². The fourth-order valence-electron chi connectivity index (χ4n) is 9.30. The summed E-state index contributed by atoms with van der Waals surface area (Å²) >= 11 is 0. The number of carbonyl (C=O) groups excluding carboxylic acids is 7. The van der Waals surface area contributed by atoms with Gasteiger partial charge in [0.15, 0.2) is 5.78 Å². The lowest BCUT2D eigenvalue weighted by Crippen LogP contribution is -2.55. The molecule has 0 aliphatic carbocycles. The van der Waals surface area contributed by atoms with E-state index in [2.05, 4.69) is 22.5 Å². The van der Waals surface area contributed by atoms with Crippen molar-refractivity contribution in [3.63, 3.8) is 0 Å². The van der Waals surface area contributed by atoms with Crippen molar-refractivity contribution in [1.82, 2.24) is 25.8 Å². The number of likely N-dealkylation sites (N-methyl/N-ethyl adjacent to an activating group) is 1. The average Bonchev–Trinajstić information content (AvgIpc) is 3.87. The number of aliphatic hydroxyl groups excluding tert-OH is 1. The Labute approximate surface area is 453 Å². The molecule has 0 saturated carbocycles. The van der Waals surface area contributed by atoms with Crippen LogP contribution in [0.15, 0.2) is 42.7 Å². The third kappa shape index (κ3) is 23.4. The van der Waals surface area contributed by atoms with Crippen molar-refractivity contribution in [3.05, 3.63) is 48.2 Å². The van der Waals surface area contributed by atoms with Crippen LogP contribution < -0.4 is 16.0 Å². The number of hydrogen-bond donors (Lipinski definition) is 4. The Bertz CT molecular complexity index is 1950. The van der Waals surface area contributed by atoms with Gasteiger partial charge in [0, 0.05) is 71.9 Å². The zero-order chi connectivity index (χ0) is 57.0. The van der Waals surface area contributed by atoms with Crippen LogP contribution in [0.4, 0.5) is 0 Å². The maximum atomic E-state index is 14.6. The van der Waals surface area contributed by atoms with Crippen LogP contribution in [0.5, 0.6) is 0 Å². The van der Waals surface area contributed by atoms with E-state index in [9.17, 15) is 38.7 Å². The van der Waals surface area contributed by atoms with Crippen LogP contribution >= 0.6 is 0 Å². The first-order valence-corrected chi connectivity index (χ1v) is 27.3. The molecule has 1 saturated heterocycles. The molecule has 5 amide bonds. The zero-order valence-corrected chi connectivity index (χ0v) is 48.0. The minimum Gasteiger partial charge on any atom is -0.511 e. The minimum atomic E-state index is -1.29. The summed E-state index contributed by atoms with van der Waals surface area (Å²) in [4.78, 5) is 96.6. The summed E-state index contributed by atoms with van der Waals surface area (Å²) in [6.45, 7) is 23.1.